The Kier molecular flexibility index (Phi) is 10.5. The van der Waals surface area contributed by atoms with Crippen molar-refractivity contribution in [1.29, 1.82) is 0 Å². The standard InChI is InChI=1S/C35H37Cl3N4O5/c1-21-14-29(37)33(30(38)15-21)47-13-12-46-27-9-7-26(8-10-27)42-31(18-39-19-32(42)43)35(45)41(25-5-6-25)20-24-16-22(2-11-28(24)36)17-40-34(44)23-3-4-23/h2,7-11,14-16,23,25,31,39H,3-6,12-13,17-20H2,1H3,(H,40,44)/t31-/m1/s1. The third kappa shape index (κ3) is 8.33. The second-order valence-electron chi connectivity index (χ2n) is 12.3. The fraction of sp³-hybridized carbons (Fsp3) is 0.400. The zero-order valence-electron chi connectivity index (χ0n) is 26.1. The first-order valence-corrected chi connectivity index (χ1v) is 17.0. The molecule has 0 aromatic heterocycles. The minimum absolute atomic E-state index is 0.0771. The third-order valence-electron chi connectivity index (χ3n) is 8.47. The number of carbonyl (C=O) groups is 3. The number of ether oxygens (including phenoxy) is 2. The van der Waals surface area contributed by atoms with Gasteiger partial charge in [0.1, 0.15) is 25.0 Å². The lowest BCUT2D eigenvalue weighted by molar-refractivity contribution is -0.136. The van der Waals surface area contributed by atoms with Gasteiger partial charge in [-0.2, -0.15) is 0 Å². The summed E-state index contributed by atoms with van der Waals surface area (Å²) in [6.07, 6.45) is 3.68. The predicted molar refractivity (Wildman–Crippen MR) is 182 cm³/mol. The lowest BCUT2D eigenvalue weighted by Gasteiger charge is -2.38. The maximum Gasteiger partial charge on any atom is 0.247 e. The fourth-order valence-corrected chi connectivity index (χ4v) is 6.59. The van der Waals surface area contributed by atoms with Crippen LogP contribution in [0.25, 0.3) is 0 Å². The zero-order chi connectivity index (χ0) is 33.1. The molecule has 3 aliphatic rings. The van der Waals surface area contributed by atoms with Gasteiger partial charge in [0.25, 0.3) is 0 Å². The molecule has 3 fully saturated rings. The highest BCUT2D eigenvalue weighted by Crippen LogP contribution is 2.35. The topological polar surface area (TPSA) is 100 Å². The fourth-order valence-electron chi connectivity index (χ4n) is 5.70. The molecular formula is C35H37Cl3N4O5. The summed E-state index contributed by atoms with van der Waals surface area (Å²) in [5, 5.41) is 7.54. The number of halogens is 3. The third-order valence-corrected chi connectivity index (χ3v) is 9.40. The van der Waals surface area contributed by atoms with E-state index < -0.39 is 6.04 Å². The van der Waals surface area contributed by atoms with Crippen molar-refractivity contribution < 1.29 is 23.9 Å². The summed E-state index contributed by atoms with van der Waals surface area (Å²) in [4.78, 5) is 43.0. The van der Waals surface area contributed by atoms with Crippen LogP contribution >= 0.6 is 34.8 Å². The number of nitrogens with zero attached hydrogens (tertiary/aromatic N) is 2. The summed E-state index contributed by atoms with van der Waals surface area (Å²) in [6.45, 7) is 3.58. The molecule has 0 radical (unpaired) electrons. The number of amides is 3. The van der Waals surface area contributed by atoms with Gasteiger partial charge in [-0.1, -0.05) is 46.9 Å². The van der Waals surface area contributed by atoms with Crippen LogP contribution in [0.5, 0.6) is 11.5 Å². The second-order valence-corrected chi connectivity index (χ2v) is 13.5. The molecule has 0 bridgehead atoms. The molecule has 2 N–H and O–H groups in total. The van der Waals surface area contributed by atoms with E-state index in [-0.39, 0.29) is 49.4 Å². The SMILES string of the molecule is Cc1cc(Cl)c(OCCOc2ccc(N3C(=O)CNC[C@@H]3C(=O)N(Cc3cc(CNC(=O)C4CC4)ccc3Cl)C3CC3)cc2)c(Cl)c1. The molecule has 0 spiro atoms. The van der Waals surface area contributed by atoms with Crippen molar-refractivity contribution in [2.75, 3.05) is 31.2 Å². The molecule has 47 heavy (non-hydrogen) atoms. The molecule has 6 rings (SSSR count). The van der Waals surface area contributed by atoms with E-state index in [0.29, 0.717) is 51.9 Å². The van der Waals surface area contributed by atoms with E-state index in [0.717, 1.165) is 42.4 Å². The van der Waals surface area contributed by atoms with Crippen LogP contribution in [0, 0.1) is 12.8 Å². The quantitative estimate of drug-likeness (QED) is 0.215. The van der Waals surface area contributed by atoms with Gasteiger partial charge in [0.15, 0.2) is 5.75 Å². The average molecular weight is 700 g/mol. The van der Waals surface area contributed by atoms with Crippen molar-refractivity contribution in [2.45, 2.75) is 57.8 Å². The molecule has 2 aliphatic carbocycles. The Bertz CT molecular complexity index is 1620. The normalized spacial score (nSPS) is 17.7. The Morgan fingerprint density at radius 1 is 0.936 bits per heavy atom. The molecule has 1 aliphatic heterocycles. The Morgan fingerprint density at radius 3 is 2.32 bits per heavy atom. The number of benzene rings is 3. The van der Waals surface area contributed by atoms with Crippen LogP contribution in [-0.4, -0.2) is 61.0 Å². The van der Waals surface area contributed by atoms with E-state index in [4.69, 9.17) is 44.3 Å². The van der Waals surface area contributed by atoms with Crippen LogP contribution < -0.4 is 25.0 Å². The van der Waals surface area contributed by atoms with Gasteiger partial charge < -0.3 is 25.0 Å². The van der Waals surface area contributed by atoms with Crippen molar-refractivity contribution >= 4 is 58.2 Å². The summed E-state index contributed by atoms with van der Waals surface area (Å²) in [5.41, 5.74) is 3.29. The van der Waals surface area contributed by atoms with Gasteiger partial charge in [-0.3, -0.25) is 19.3 Å². The summed E-state index contributed by atoms with van der Waals surface area (Å²) in [5.74, 6) is 0.888. The van der Waals surface area contributed by atoms with Gasteiger partial charge in [-0.05, 0) is 91.8 Å². The first-order valence-electron chi connectivity index (χ1n) is 15.9. The molecule has 1 saturated heterocycles. The Hall–Kier alpha value is -3.50. The smallest absolute Gasteiger partial charge is 0.247 e. The number of nitrogens with one attached hydrogen (secondary N) is 2. The molecule has 3 aromatic rings. The highest BCUT2D eigenvalue weighted by molar-refractivity contribution is 6.37. The van der Waals surface area contributed by atoms with Gasteiger partial charge in [0, 0.05) is 42.3 Å². The Labute approximate surface area is 289 Å². The van der Waals surface area contributed by atoms with Crippen molar-refractivity contribution in [3.05, 3.63) is 86.4 Å². The number of rotatable bonds is 13. The summed E-state index contributed by atoms with van der Waals surface area (Å²) >= 11 is 19.1. The van der Waals surface area contributed by atoms with Crippen LogP contribution in [0.1, 0.15) is 42.4 Å². The maximum atomic E-state index is 14.2. The van der Waals surface area contributed by atoms with Crippen LogP contribution in [-0.2, 0) is 27.5 Å². The molecule has 12 heteroatoms. The van der Waals surface area contributed by atoms with E-state index in [1.54, 1.807) is 41.3 Å². The lowest BCUT2D eigenvalue weighted by Crippen LogP contribution is -2.61. The van der Waals surface area contributed by atoms with Crippen LogP contribution in [0.4, 0.5) is 5.69 Å². The second kappa shape index (κ2) is 14.7. The van der Waals surface area contributed by atoms with Gasteiger partial charge in [0.05, 0.1) is 16.6 Å². The zero-order valence-corrected chi connectivity index (χ0v) is 28.3. The Balaban J connectivity index is 1.10. The molecule has 248 valence electrons. The summed E-state index contributed by atoms with van der Waals surface area (Å²) in [7, 11) is 0. The molecule has 9 nitrogen and oxygen atoms in total. The lowest BCUT2D eigenvalue weighted by atomic mass is 10.1. The van der Waals surface area contributed by atoms with Crippen LogP contribution in [0.3, 0.4) is 0 Å². The van der Waals surface area contributed by atoms with Gasteiger partial charge in [-0.25, -0.2) is 0 Å². The summed E-state index contributed by atoms with van der Waals surface area (Å²) < 4.78 is 11.6. The minimum Gasteiger partial charge on any atom is -0.490 e. The van der Waals surface area contributed by atoms with Crippen LogP contribution in [0.15, 0.2) is 54.6 Å². The summed E-state index contributed by atoms with van der Waals surface area (Å²) in [6, 6.07) is 15.7. The maximum absolute atomic E-state index is 14.2. The Morgan fingerprint density at radius 2 is 1.64 bits per heavy atom. The van der Waals surface area contributed by atoms with Gasteiger partial charge >= 0.3 is 0 Å². The monoisotopic (exact) mass is 698 g/mol. The van der Waals surface area contributed by atoms with Crippen molar-refractivity contribution in [2.24, 2.45) is 5.92 Å². The van der Waals surface area contributed by atoms with Gasteiger partial charge in [-0.15, -0.1) is 0 Å². The largest absolute Gasteiger partial charge is 0.490 e. The van der Waals surface area contributed by atoms with E-state index in [1.807, 2.05) is 30.0 Å². The highest BCUT2D eigenvalue weighted by atomic mass is 35.5. The van der Waals surface area contributed by atoms with Crippen molar-refractivity contribution in [3.8, 4) is 11.5 Å². The molecule has 2 saturated carbocycles. The number of anilines is 1. The van der Waals surface area contributed by atoms with Crippen molar-refractivity contribution in [1.82, 2.24) is 15.5 Å². The first kappa shape index (κ1) is 33.4. The van der Waals surface area contributed by atoms with E-state index in [2.05, 4.69) is 10.6 Å². The number of piperazine rings is 1. The number of hydrogen-bond acceptors (Lipinski definition) is 6. The van der Waals surface area contributed by atoms with E-state index >= 15 is 0 Å². The van der Waals surface area contributed by atoms with Crippen LogP contribution in [0.2, 0.25) is 15.1 Å². The molecular weight excluding hydrogens is 663 g/mol. The number of carbonyl (C=O) groups excluding carboxylic acids is 3. The molecule has 3 amide bonds. The van der Waals surface area contributed by atoms with E-state index in [9.17, 15) is 14.4 Å². The number of aryl methyl sites for hydroxylation is 1. The van der Waals surface area contributed by atoms with E-state index in [1.165, 1.54) is 0 Å². The molecule has 0 unspecified atom stereocenters. The molecule has 3 aromatic carbocycles. The first-order chi connectivity index (χ1) is 22.7. The average Bonchev–Trinajstić information content (AvgIpc) is 3.97. The highest BCUT2D eigenvalue weighted by Gasteiger charge is 2.41. The molecule has 1 atom stereocenters. The predicted octanol–water partition coefficient (Wildman–Crippen LogP) is 5.94. The molecule has 1 heterocycles. The minimum atomic E-state index is -0.721. The van der Waals surface area contributed by atoms with Gasteiger partial charge in [0.2, 0.25) is 17.7 Å². The van der Waals surface area contributed by atoms with Crippen molar-refractivity contribution in [3.63, 3.8) is 0 Å². The number of hydrogen-bond donors (Lipinski definition) is 2.